The van der Waals surface area contributed by atoms with E-state index in [1.165, 1.54) is 0 Å². The monoisotopic (exact) mass is 437 g/mol. The zero-order valence-electron chi connectivity index (χ0n) is 18.8. The highest BCUT2D eigenvalue weighted by Crippen LogP contribution is 2.27. The summed E-state index contributed by atoms with van der Waals surface area (Å²) >= 11 is 0. The number of phenols is 1. The number of aryl methyl sites for hydroxylation is 2. The van der Waals surface area contributed by atoms with Gasteiger partial charge in [0, 0.05) is 7.05 Å². The maximum absolute atomic E-state index is 12.1. The topological polar surface area (TPSA) is 95.2 Å². The van der Waals surface area contributed by atoms with E-state index in [9.17, 15) is 9.90 Å². The number of aromatic hydroxyl groups is 1. The van der Waals surface area contributed by atoms with Crippen molar-refractivity contribution in [3.8, 4) is 17.4 Å². The van der Waals surface area contributed by atoms with Crippen molar-refractivity contribution in [2.45, 2.75) is 39.9 Å². The van der Waals surface area contributed by atoms with Crippen LogP contribution in [0.5, 0.6) is 17.4 Å². The molecule has 3 rings (SSSR count). The van der Waals surface area contributed by atoms with Gasteiger partial charge in [-0.15, -0.1) is 0 Å². The lowest BCUT2D eigenvalue weighted by molar-refractivity contribution is 0.00694. The number of ether oxygens (including phenoxy) is 2. The second-order valence-electron chi connectivity index (χ2n) is 8.23. The highest BCUT2D eigenvalue weighted by atomic mass is 16.6. The molecule has 0 atom stereocenters. The Hall–Kier alpha value is -3.81. The highest BCUT2D eigenvalue weighted by Gasteiger charge is 2.18. The van der Waals surface area contributed by atoms with Crippen LogP contribution in [0.1, 0.15) is 48.0 Å². The third-order valence-corrected chi connectivity index (χ3v) is 4.34. The molecule has 0 saturated heterocycles. The molecular formula is C24H27N3O5. The lowest BCUT2D eigenvalue weighted by Crippen LogP contribution is -2.23. The molecule has 8 heteroatoms. The quantitative estimate of drug-likeness (QED) is 0.326. The summed E-state index contributed by atoms with van der Waals surface area (Å²) in [7, 11) is 1.77. The van der Waals surface area contributed by atoms with Crippen LogP contribution < -0.4 is 4.74 Å². The summed E-state index contributed by atoms with van der Waals surface area (Å²) in [6.45, 7) is 7.57. The Kier molecular flexibility index (Phi) is 6.82. The predicted molar refractivity (Wildman–Crippen MR) is 120 cm³/mol. The van der Waals surface area contributed by atoms with Gasteiger partial charge in [0.2, 0.25) is 5.88 Å². The summed E-state index contributed by atoms with van der Waals surface area (Å²) in [6.07, 6.45) is 1.55. The summed E-state index contributed by atoms with van der Waals surface area (Å²) in [4.78, 5) is 17.5. The van der Waals surface area contributed by atoms with Crippen LogP contribution in [0.25, 0.3) is 0 Å². The molecule has 8 nitrogen and oxygen atoms in total. The van der Waals surface area contributed by atoms with Crippen LogP contribution in [0.15, 0.2) is 53.7 Å². The van der Waals surface area contributed by atoms with Gasteiger partial charge in [-0.1, -0.05) is 17.3 Å². The van der Waals surface area contributed by atoms with Crippen LogP contribution in [0.3, 0.4) is 0 Å². The molecule has 1 N–H and O–H groups in total. The van der Waals surface area contributed by atoms with Crippen molar-refractivity contribution < 1.29 is 24.2 Å². The van der Waals surface area contributed by atoms with Gasteiger partial charge in [0.1, 0.15) is 23.7 Å². The molecule has 1 aromatic heterocycles. The molecule has 3 aromatic rings. The lowest BCUT2D eigenvalue weighted by Gasteiger charge is -2.19. The Bertz CT molecular complexity index is 1090. The molecule has 0 saturated carbocycles. The number of hydrogen-bond acceptors (Lipinski definition) is 7. The Labute approximate surface area is 187 Å². The van der Waals surface area contributed by atoms with Gasteiger partial charge in [0.05, 0.1) is 23.0 Å². The number of nitrogens with zero attached hydrogens (tertiary/aromatic N) is 3. The summed E-state index contributed by atoms with van der Waals surface area (Å²) < 4.78 is 12.9. The number of hydrogen-bond donors (Lipinski definition) is 1. The normalized spacial score (nSPS) is 11.5. The van der Waals surface area contributed by atoms with Crippen molar-refractivity contribution in [1.29, 1.82) is 0 Å². The number of aromatic nitrogens is 2. The third-order valence-electron chi connectivity index (χ3n) is 4.34. The third kappa shape index (κ3) is 6.10. The summed E-state index contributed by atoms with van der Waals surface area (Å²) in [5.41, 5.74) is 2.21. The number of carbonyl (C=O) groups is 1. The van der Waals surface area contributed by atoms with Gasteiger partial charge in [0.15, 0.2) is 0 Å². The number of phenolic OH excluding ortho intramolecular Hbond substituents is 1. The number of oxime groups is 1. The first kappa shape index (κ1) is 22.9. The fraction of sp³-hybridized carbons (Fsp3) is 0.292. The number of carbonyl (C=O) groups excluding carboxylic acids is 1. The van der Waals surface area contributed by atoms with Crippen molar-refractivity contribution in [2.75, 3.05) is 0 Å². The van der Waals surface area contributed by atoms with E-state index in [1.807, 2.05) is 27.7 Å². The Morgan fingerprint density at radius 1 is 1.12 bits per heavy atom. The molecule has 32 heavy (non-hydrogen) atoms. The minimum absolute atomic E-state index is 0.160. The largest absolute Gasteiger partial charge is 0.508 e. The minimum atomic E-state index is -0.539. The van der Waals surface area contributed by atoms with E-state index in [2.05, 4.69) is 10.3 Å². The molecule has 0 radical (unpaired) electrons. The molecule has 0 amide bonds. The standard InChI is InChI=1S/C24H27N3O5/c1-16-21(22(27(5)26-16)31-20-12-10-19(28)11-13-20)14-25-30-15-17-6-8-18(9-7-17)23(29)32-24(2,3)4/h6-14,28H,15H2,1-5H3/b25-14-. The molecule has 2 aromatic carbocycles. The van der Waals surface area contributed by atoms with E-state index in [0.29, 0.717) is 22.8 Å². The molecule has 0 aliphatic heterocycles. The van der Waals surface area contributed by atoms with Gasteiger partial charge >= 0.3 is 5.97 Å². The summed E-state index contributed by atoms with van der Waals surface area (Å²) in [6, 6.07) is 13.4. The van der Waals surface area contributed by atoms with Gasteiger partial charge in [0.25, 0.3) is 0 Å². The molecular weight excluding hydrogens is 410 g/mol. The Morgan fingerprint density at radius 2 is 1.78 bits per heavy atom. The molecule has 0 spiro atoms. The van der Waals surface area contributed by atoms with Gasteiger partial charge in [-0.3, -0.25) is 0 Å². The number of esters is 1. The first-order valence-corrected chi connectivity index (χ1v) is 10.1. The van der Waals surface area contributed by atoms with Crippen LogP contribution in [-0.4, -0.2) is 32.7 Å². The summed E-state index contributed by atoms with van der Waals surface area (Å²) in [5, 5.41) is 17.8. The molecule has 0 fully saturated rings. The second-order valence-corrected chi connectivity index (χ2v) is 8.23. The number of rotatable bonds is 7. The van der Waals surface area contributed by atoms with E-state index < -0.39 is 5.60 Å². The maximum atomic E-state index is 12.1. The van der Waals surface area contributed by atoms with Crippen LogP contribution in [-0.2, 0) is 23.2 Å². The average molecular weight is 437 g/mol. The van der Waals surface area contributed by atoms with Crippen molar-refractivity contribution in [3.63, 3.8) is 0 Å². The van der Waals surface area contributed by atoms with Crippen molar-refractivity contribution in [1.82, 2.24) is 9.78 Å². The molecule has 168 valence electrons. The van der Waals surface area contributed by atoms with Crippen LogP contribution in [0.4, 0.5) is 0 Å². The molecule has 0 aliphatic rings. The minimum Gasteiger partial charge on any atom is -0.508 e. The van der Waals surface area contributed by atoms with Crippen LogP contribution in [0, 0.1) is 6.92 Å². The van der Waals surface area contributed by atoms with Gasteiger partial charge in [-0.05, 0) is 69.7 Å². The van der Waals surface area contributed by atoms with E-state index in [-0.39, 0.29) is 18.3 Å². The highest BCUT2D eigenvalue weighted by molar-refractivity contribution is 5.89. The fourth-order valence-electron chi connectivity index (χ4n) is 2.82. The van der Waals surface area contributed by atoms with Crippen molar-refractivity contribution in [2.24, 2.45) is 12.2 Å². The lowest BCUT2D eigenvalue weighted by atomic mass is 10.1. The number of benzene rings is 2. The van der Waals surface area contributed by atoms with E-state index in [1.54, 1.807) is 66.5 Å². The van der Waals surface area contributed by atoms with Crippen LogP contribution >= 0.6 is 0 Å². The molecule has 1 heterocycles. The predicted octanol–water partition coefficient (Wildman–Crippen LogP) is 4.73. The van der Waals surface area contributed by atoms with Gasteiger partial charge in [-0.2, -0.15) is 5.10 Å². The Balaban J connectivity index is 1.62. The zero-order valence-corrected chi connectivity index (χ0v) is 18.8. The van der Waals surface area contributed by atoms with Crippen molar-refractivity contribution in [3.05, 3.63) is 70.9 Å². The second kappa shape index (κ2) is 9.55. The molecule has 0 unspecified atom stereocenters. The molecule has 0 aliphatic carbocycles. The van der Waals surface area contributed by atoms with E-state index in [0.717, 1.165) is 11.3 Å². The maximum Gasteiger partial charge on any atom is 0.338 e. The summed E-state index contributed by atoms with van der Waals surface area (Å²) in [5.74, 6) is 0.859. The zero-order chi connectivity index (χ0) is 23.3. The SMILES string of the molecule is Cc1nn(C)c(Oc2ccc(O)cc2)c1/C=N\OCc1ccc(C(=O)OC(C)(C)C)cc1. The first-order valence-electron chi connectivity index (χ1n) is 10.1. The molecule has 0 bridgehead atoms. The Morgan fingerprint density at radius 3 is 2.41 bits per heavy atom. The van der Waals surface area contributed by atoms with Crippen LogP contribution in [0.2, 0.25) is 0 Å². The van der Waals surface area contributed by atoms with Gasteiger partial charge in [-0.25, -0.2) is 9.48 Å². The average Bonchev–Trinajstić information content (AvgIpc) is 2.98. The van der Waals surface area contributed by atoms with Gasteiger partial charge < -0.3 is 19.4 Å². The first-order chi connectivity index (χ1) is 15.1. The smallest absolute Gasteiger partial charge is 0.338 e. The van der Waals surface area contributed by atoms with Crippen molar-refractivity contribution >= 4 is 12.2 Å². The van der Waals surface area contributed by atoms with E-state index in [4.69, 9.17) is 14.3 Å². The fourth-order valence-corrected chi connectivity index (χ4v) is 2.82. The van der Waals surface area contributed by atoms with E-state index >= 15 is 0 Å².